The first-order valence-electron chi connectivity index (χ1n) is 7.40. The lowest BCUT2D eigenvalue weighted by Crippen LogP contribution is -2.36. The molecule has 0 aromatic carbocycles. The molecule has 114 valence electrons. The first-order valence-corrected chi connectivity index (χ1v) is 7.40. The summed E-state index contributed by atoms with van der Waals surface area (Å²) in [6.07, 6.45) is 0. The number of fused-ring (bicyclic) bond motifs is 1. The summed E-state index contributed by atoms with van der Waals surface area (Å²) < 4.78 is 13.1. The number of aromatic nitrogens is 3. The molecule has 0 radical (unpaired) electrons. The fraction of sp³-hybridized carbons (Fsp3) is 0.600. The molecular formula is C15H22N4O2. The van der Waals surface area contributed by atoms with Crippen molar-refractivity contribution in [2.24, 2.45) is 0 Å². The molecule has 0 bridgehead atoms. The van der Waals surface area contributed by atoms with Crippen LogP contribution in [0, 0.1) is 6.92 Å². The van der Waals surface area contributed by atoms with Crippen molar-refractivity contribution in [2.45, 2.75) is 39.4 Å². The lowest BCUT2D eigenvalue weighted by molar-refractivity contribution is 0.127. The largest absolute Gasteiger partial charge is 0.465 e. The second kappa shape index (κ2) is 5.99. The van der Waals surface area contributed by atoms with Crippen LogP contribution in [0.5, 0.6) is 0 Å². The zero-order valence-electron chi connectivity index (χ0n) is 12.9. The molecule has 6 heteroatoms. The number of rotatable bonds is 5. The van der Waals surface area contributed by atoms with Crippen molar-refractivity contribution in [3.05, 3.63) is 35.0 Å². The Morgan fingerprint density at radius 1 is 1.43 bits per heavy atom. The van der Waals surface area contributed by atoms with Crippen molar-refractivity contribution in [1.29, 1.82) is 0 Å². The summed E-state index contributed by atoms with van der Waals surface area (Å²) in [5, 5.41) is 8.60. The van der Waals surface area contributed by atoms with E-state index in [1.165, 1.54) is 5.69 Å². The van der Waals surface area contributed by atoms with Gasteiger partial charge in [-0.05, 0) is 26.0 Å². The van der Waals surface area contributed by atoms with E-state index in [1.54, 1.807) is 7.11 Å². The third kappa shape index (κ3) is 2.87. The topological polar surface area (TPSA) is 56.3 Å². The van der Waals surface area contributed by atoms with E-state index in [9.17, 15) is 0 Å². The Bertz CT molecular complexity index is 605. The number of ether oxygens (including phenoxy) is 1. The zero-order valence-corrected chi connectivity index (χ0v) is 12.9. The predicted molar refractivity (Wildman–Crippen MR) is 77.9 cm³/mol. The second-order valence-electron chi connectivity index (χ2n) is 5.57. The van der Waals surface area contributed by atoms with Gasteiger partial charge in [-0.2, -0.15) is 0 Å². The molecule has 2 aromatic rings. The fourth-order valence-corrected chi connectivity index (χ4v) is 3.07. The Kier molecular flexibility index (Phi) is 4.07. The van der Waals surface area contributed by atoms with Crippen LogP contribution in [0.3, 0.4) is 0 Å². The highest BCUT2D eigenvalue weighted by atomic mass is 16.5. The average molecular weight is 290 g/mol. The number of methoxy groups -OCH3 is 1. The molecule has 0 N–H and O–H groups in total. The molecule has 0 fully saturated rings. The molecule has 0 unspecified atom stereocenters. The van der Waals surface area contributed by atoms with Crippen LogP contribution >= 0.6 is 0 Å². The first kappa shape index (κ1) is 14.3. The zero-order chi connectivity index (χ0) is 14.8. The first-order chi connectivity index (χ1) is 10.2. The number of nitrogens with zero attached hydrogens (tertiary/aromatic N) is 4. The molecule has 1 aliphatic heterocycles. The van der Waals surface area contributed by atoms with E-state index in [-0.39, 0.29) is 0 Å². The van der Waals surface area contributed by atoms with Gasteiger partial charge < -0.3 is 9.15 Å². The molecule has 1 aliphatic rings. The normalized spacial score (nSPS) is 18.9. The van der Waals surface area contributed by atoms with Crippen LogP contribution in [0.25, 0.3) is 0 Å². The van der Waals surface area contributed by atoms with Gasteiger partial charge in [-0.15, -0.1) is 5.10 Å². The van der Waals surface area contributed by atoms with Crippen LogP contribution < -0.4 is 0 Å². The molecule has 0 saturated carbocycles. The summed E-state index contributed by atoms with van der Waals surface area (Å²) in [6, 6.07) is 4.05. The summed E-state index contributed by atoms with van der Waals surface area (Å²) in [5.41, 5.74) is 2.29. The fourth-order valence-electron chi connectivity index (χ4n) is 3.07. The van der Waals surface area contributed by atoms with Gasteiger partial charge in [0.2, 0.25) is 0 Å². The van der Waals surface area contributed by atoms with Gasteiger partial charge in [-0.1, -0.05) is 5.21 Å². The summed E-state index contributed by atoms with van der Waals surface area (Å²) in [7, 11) is 1.74. The van der Waals surface area contributed by atoms with Crippen LogP contribution in [0.1, 0.15) is 35.7 Å². The minimum Gasteiger partial charge on any atom is -0.465 e. The number of hydrogen-bond acceptors (Lipinski definition) is 5. The highest BCUT2D eigenvalue weighted by molar-refractivity contribution is 5.20. The van der Waals surface area contributed by atoms with Gasteiger partial charge in [0.1, 0.15) is 17.2 Å². The summed E-state index contributed by atoms with van der Waals surface area (Å²) in [4.78, 5) is 2.35. The lowest BCUT2D eigenvalue weighted by atomic mass is 9.99. The summed E-state index contributed by atoms with van der Waals surface area (Å²) >= 11 is 0. The van der Waals surface area contributed by atoms with Gasteiger partial charge in [0.05, 0.1) is 18.8 Å². The monoisotopic (exact) mass is 290 g/mol. The molecule has 0 spiro atoms. The van der Waals surface area contributed by atoms with Gasteiger partial charge in [0.25, 0.3) is 0 Å². The molecule has 6 nitrogen and oxygen atoms in total. The van der Waals surface area contributed by atoms with Gasteiger partial charge in [0, 0.05) is 32.7 Å². The molecule has 0 amide bonds. The van der Waals surface area contributed by atoms with Crippen molar-refractivity contribution in [2.75, 3.05) is 20.3 Å². The van der Waals surface area contributed by atoms with Crippen molar-refractivity contribution < 1.29 is 9.15 Å². The molecule has 0 aliphatic carbocycles. The highest BCUT2D eigenvalue weighted by Crippen LogP contribution is 2.28. The van der Waals surface area contributed by atoms with Crippen LogP contribution in [0.4, 0.5) is 0 Å². The SMILES string of the molecule is CCn1nnc2c1[C@@H](COC)CN(Cc1ccc(C)o1)C2. The average Bonchev–Trinajstić information content (AvgIpc) is 3.05. The van der Waals surface area contributed by atoms with Crippen molar-refractivity contribution in [3.8, 4) is 0 Å². The molecule has 0 saturated heterocycles. The third-order valence-electron chi connectivity index (χ3n) is 3.93. The Hall–Kier alpha value is -1.66. The maximum absolute atomic E-state index is 5.68. The Labute approximate surface area is 124 Å². The molecular weight excluding hydrogens is 268 g/mol. The predicted octanol–water partition coefficient (Wildman–Crippen LogP) is 1.95. The second-order valence-corrected chi connectivity index (χ2v) is 5.57. The standard InChI is InChI=1S/C15H22N4O2/c1-4-19-15-12(10-20-3)7-18(9-14(15)16-17-19)8-13-6-5-11(2)21-13/h5-6,12H,4,7-10H2,1-3H3/t12-/m1/s1. The van der Waals surface area contributed by atoms with E-state index in [2.05, 4.69) is 22.1 Å². The minimum absolute atomic E-state index is 0.310. The minimum atomic E-state index is 0.310. The highest BCUT2D eigenvalue weighted by Gasteiger charge is 2.30. The van der Waals surface area contributed by atoms with Gasteiger partial charge in [-0.25, -0.2) is 4.68 Å². The summed E-state index contributed by atoms with van der Waals surface area (Å²) in [6.45, 7) is 8.15. The van der Waals surface area contributed by atoms with Crippen molar-refractivity contribution in [3.63, 3.8) is 0 Å². The van der Waals surface area contributed by atoms with E-state index in [4.69, 9.17) is 9.15 Å². The van der Waals surface area contributed by atoms with Crippen LogP contribution in [-0.2, 0) is 24.4 Å². The number of hydrogen-bond donors (Lipinski definition) is 0. The molecule has 21 heavy (non-hydrogen) atoms. The Morgan fingerprint density at radius 3 is 2.95 bits per heavy atom. The molecule has 3 heterocycles. The maximum atomic E-state index is 5.68. The van der Waals surface area contributed by atoms with Gasteiger partial charge in [0.15, 0.2) is 0 Å². The van der Waals surface area contributed by atoms with Crippen molar-refractivity contribution in [1.82, 2.24) is 19.9 Å². The van der Waals surface area contributed by atoms with Gasteiger partial charge >= 0.3 is 0 Å². The van der Waals surface area contributed by atoms with Crippen LogP contribution in [-0.4, -0.2) is 40.2 Å². The molecule has 1 atom stereocenters. The van der Waals surface area contributed by atoms with E-state index in [0.29, 0.717) is 12.5 Å². The van der Waals surface area contributed by atoms with Crippen molar-refractivity contribution >= 4 is 0 Å². The Morgan fingerprint density at radius 2 is 2.29 bits per heavy atom. The lowest BCUT2D eigenvalue weighted by Gasteiger charge is -2.31. The van der Waals surface area contributed by atoms with E-state index in [0.717, 1.165) is 43.4 Å². The maximum Gasteiger partial charge on any atom is 0.118 e. The van der Waals surface area contributed by atoms with Gasteiger partial charge in [-0.3, -0.25) is 4.90 Å². The number of aryl methyl sites for hydroxylation is 2. The van der Waals surface area contributed by atoms with Crippen LogP contribution in [0.2, 0.25) is 0 Å². The van der Waals surface area contributed by atoms with E-state index < -0.39 is 0 Å². The Balaban J connectivity index is 1.80. The smallest absolute Gasteiger partial charge is 0.118 e. The quantitative estimate of drug-likeness (QED) is 0.842. The molecule has 3 rings (SSSR count). The van der Waals surface area contributed by atoms with E-state index >= 15 is 0 Å². The number of furan rings is 1. The summed E-state index contributed by atoms with van der Waals surface area (Å²) in [5.74, 6) is 2.26. The third-order valence-corrected chi connectivity index (χ3v) is 3.93. The van der Waals surface area contributed by atoms with Crippen LogP contribution in [0.15, 0.2) is 16.5 Å². The molecule has 2 aromatic heterocycles. The van der Waals surface area contributed by atoms with E-state index in [1.807, 2.05) is 23.7 Å².